The van der Waals surface area contributed by atoms with Gasteiger partial charge in [0.2, 0.25) is 5.91 Å². The van der Waals surface area contributed by atoms with E-state index in [1.165, 1.54) is 4.90 Å². The Morgan fingerprint density at radius 2 is 1.90 bits per heavy atom. The maximum atomic E-state index is 13.2. The van der Waals surface area contributed by atoms with E-state index < -0.39 is 17.5 Å². The molecule has 1 fully saturated rings. The van der Waals surface area contributed by atoms with Gasteiger partial charge in [0.05, 0.1) is 7.11 Å². The number of nitrogens with one attached hydrogen (secondary N) is 1. The molecule has 1 aliphatic heterocycles. The fourth-order valence-corrected chi connectivity index (χ4v) is 3.66. The molecule has 1 N–H and O–H groups in total. The largest absolute Gasteiger partial charge is 0.497 e. The van der Waals surface area contributed by atoms with Gasteiger partial charge in [-0.1, -0.05) is 42.8 Å². The van der Waals surface area contributed by atoms with Crippen molar-refractivity contribution in [1.29, 1.82) is 0 Å². The molecule has 3 rings (SSSR count). The Balaban J connectivity index is 1.74. The van der Waals surface area contributed by atoms with Crippen molar-refractivity contribution in [2.45, 2.75) is 25.4 Å². The van der Waals surface area contributed by atoms with E-state index in [9.17, 15) is 14.4 Å². The van der Waals surface area contributed by atoms with Crippen LogP contribution >= 0.6 is 11.6 Å². The van der Waals surface area contributed by atoms with Crippen molar-refractivity contribution < 1.29 is 19.1 Å². The molecule has 158 valence electrons. The molecule has 7 nitrogen and oxygen atoms in total. The quantitative estimate of drug-likeness (QED) is 0.686. The second-order valence-corrected chi connectivity index (χ2v) is 7.62. The summed E-state index contributed by atoms with van der Waals surface area (Å²) in [7, 11) is 3.21. The summed E-state index contributed by atoms with van der Waals surface area (Å²) in [5.41, 5.74) is 0.312. The molecule has 1 saturated heterocycles. The number of carbonyl (C=O) groups excluding carboxylic acids is 3. The van der Waals surface area contributed by atoms with E-state index in [2.05, 4.69) is 5.32 Å². The van der Waals surface area contributed by atoms with Crippen LogP contribution < -0.4 is 10.1 Å². The van der Waals surface area contributed by atoms with Crippen LogP contribution in [0.15, 0.2) is 48.5 Å². The van der Waals surface area contributed by atoms with Gasteiger partial charge in [-0.25, -0.2) is 4.79 Å². The van der Waals surface area contributed by atoms with E-state index in [0.29, 0.717) is 29.3 Å². The minimum atomic E-state index is -1.20. The van der Waals surface area contributed by atoms with Gasteiger partial charge in [0.1, 0.15) is 17.8 Å². The summed E-state index contributed by atoms with van der Waals surface area (Å²) in [5.74, 6) is -0.0945. The standard InChI is InChI=1S/C22H24ClN3O4/c1-4-22(16-8-10-17(23)11-9-16)20(28)26(21(29)24-22)14-19(27)25(2)13-15-6-5-7-18(12-15)30-3/h5-12H,4,13-14H2,1-3H3,(H,24,29)/t22-/m1/s1. The van der Waals surface area contributed by atoms with Crippen LogP contribution in [0.3, 0.4) is 0 Å². The lowest BCUT2D eigenvalue weighted by Gasteiger charge is -2.26. The summed E-state index contributed by atoms with van der Waals surface area (Å²) in [4.78, 5) is 40.9. The van der Waals surface area contributed by atoms with Gasteiger partial charge in [0, 0.05) is 18.6 Å². The maximum Gasteiger partial charge on any atom is 0.325 e. The fourth-order valence-electron chi connectivity index (χ4n) is 3.53. The first kappa shape index (κ1) is 21.6. The van der Waals surface area contributed by atoms with Crippen LogP contribution in [0, 0.1) is 0 Å². The zero-order valence-corrected chi connectivity index (χ0v) is 17.9. The van der Waals surface area contributed by atoms with Crippen molar-refractivity contribution in [3.63, 3.8) is 0 Å². The number of amides is 4. The molecule has 0 bridgehead atoms. The first-order valence-corrected chi connectivity index (χ1v) is 9.95. The highest BCUT2D eigenvalue weighted by molar-refractivity contribution is 6.30. The summed E-state index contributed by atoms with van der Waals surface area (Å²) >= 11 is 5.95. The second kappa shape index (κ2) is 8.75. The Labute approximate surface area is 180 Å². The molecule has 8 heteroatoms. The van der Waals surface area contributed by atoms with Gasteiger partial charge in [-0.3, -0.25) is 14.5 Å². The molecule has 0 radical (unpaired) electrons. The third kappa shape index (κ3) is 4.11. The minimum Gasteiger partial charge on any atom is -0.497 e. The van der Waals surface area contributed by atoms with E-state index in [1.807, 2.05) is 31.2 Å². The topological polar surface area (TPSA) is 79.0 Å². The van der Waals surface area contributed by atoms with Gasteiger partial charge in [-0.15, -0.1) is 0 Å². The Morgan fingerprint density at radius 3 is 2.53 bits per heavy atom. The highest BCUT2D eigenvalue weighted by Gasteiger charge is 2.51. The molecule has 0 aromatic heterocycles. The van der Waals surface area contributed by atoms with Crippen LogP contribution in [0.5, 0.6) is 5.75 Å². The normalized spacial score (nSPS) is 18.3. The molecular weight excluding hydrogens is 406 g/mol. The average Bonchev–Trinajstić information content (AvgIpc) is 2.99. The molecule has 1 atom stereocenters. The van der Waals surface area contributed by atoms with Gasteiger partial charge in [0.25, 0.3) is 5.91 Å². The molecular formula is C22H24ClN3O4. The van der Waals surface area contributed by atoms with E-state index in [0.717, 1.165) is 10.5 Å². The van der Waals surface area contributed by atoms with Crippen molar-refractivity contribution >= 4 is 29.4 Å². The summed E-state index contributed by atoms with van der Waals surface area (Å²) in [6.45, 7) is 1.81. The zero-order chi connectivity index (χ0) is 21.9. The Bertz CT molecular complexity index is 963. The molecule has 4 amide bonds. The summed E-state index contributed by atoms with van der Waals surface area (Å²) in [6, 6.07) is 13.6. The molecule has 0 saturated carbocycles. The molecule has 0 aliphatic carbocycles. The maximum absolute atomic E-state index is 13.2. The fraction of sp³-hybridized carbons (Fsp3) is 0.318. The Hall–Kier alpha value is -3.06. The average molecular weight is 430 g/mol. The van der Waals surface area contributed by atoms with Gasteiger partial charge >= 0.3 is 6.03 Å². The number of rotatable bonds is 7. The lowest BCUT2D eigenvalue weighted by Crippen LogP contribution is -2.45. The van der Waals surface area contributed by atoms with Gasteiger partial charge in [0.15, 0.2) is 0 Å². The van der Waals surface area contributed by atoms with E-state index >= 15 is 0 Å². The summed E-state index contributed by atoms with van der Waals surface area (Å²) < 4.78 is 5.20. The number of nitrogens with zero attached hydrogens (tertiary/aromatic N) is 2. The second-order valence-electron chi connectivity index (χ2n) is 7.19. The molecule has 0 spiro atoms. The first-order valence-electron chi connectivity index (χ1n) is 9.57. The van der Waals surface area contributed by atoms with Crippen LogP contribution in [0.1, 0.15) is 24.5 Å². The van der Waals surface area contributed by atoms with Crippen LogP contribution in [0.2, 0.25) is 5.02 Å². The molecule has 1 aliphatic rings. The van der Waals surface area contributed by atoms with Crippen LogP contribution in [-0.2, 0) is 21.7 Å². The van der Waals surface area contributed by atoms with E-state index in [1.54, 1.807) is 38.4 Å². The van der Waals surface area contributed by atoms with Crippen molar-refractivity contribution in [2.75, 3.05) is 20.7 Å². The monoisotopic (exact) mass is 429 g/mol. The predicted octanol–water partition coefficient (Wildman–Crippen LogP) is 3.16. The van der Waals surface area contributed by atoms with Gasteiger partial charge in [-0.05, 0) is 41.8 Å². The molecule has 2 aromatic carbocycles. The van der Waals surface area contributed by atoms with Gasteiger partial charge < -0.3 is 15.0 Å². The number of ether oxygens (including phenoxy) is 1. The lowest BCUT2D eigenvalue weighted by molar-refractivity contribution is -0.138. The molecule has 2 aromatic rings. The van der Waals surface area contributed by atoms with Crippen molar-refractivity contribution in [2.24, 2.45) is 0 Å². The zero-order valence-electron chi connectivity index (χ0n) is 17.1. The van der Waals surface area contributed by atoms with Gasteiger partial charge in [-0.2, -0.15) is 0 Å². The van der Waals surface area contributed by atoms with Crippen LogP contribution in [0.4, 0.5) is 4.79 Å². The summed E-state index contributed by atoms with van der Waals surface area (Å²) in [6.07, 6.45) is 0.351. The number of benzene rings is 2. The Morgan fingerprint density at radius 1 is 1.20 bits per heavy atom. The lowest BCUT2D eigenvalue weighted by atomic mass is 9.87. The molecule has 1 heterocycles. The Kier molecular flexibility index (Phi) is 6.31. The number of likely N-dealkylation sites (N-methyl/N-ethyl adjacent to an activating group) is 1. The number of methoxy groups -OCH3 is 1. The van der Waals surface area contributed by atoms with Crippen LogP contribution in [0.25, 0.3) is 0 Å². The highest BCUT2D eigenvalue weighted by atomic mass is 35.5. The van der Waals surface area contributed by atoms with Crippen LogP contribution in [-0.4, -0.2) is 48.3 Å². The van der Waals surface area contributed by atoms with Crippen molar-refractivity contribution in [1.82, 2.24) is 15.1 Å². The molecule has 0 unspecified atom stereocenters. The third-order valence-corrected chi connectivity index (χ3v) is 5.57. The SMILES string of the molecule is CC[C@]1(c2ccc(Cl)cc2)NC(=O)N(CC(=O)N(C)Cc2cccc(OC)c2)C1=O. The first-order chi connectivity index (χ1) is 14.3. The smallest absolute Gasteiger partial charge is 0.325 e. The number of urea groups is 1. The van der Waals surface area contributed by atoms with E-state index in [-0.39, 0.29) is 12.5 Å². The van der Waals surface area contributed by atoms with E-state index in [4.69, 9.17) is 16.3 Å². The third-order valence-electron chi connectivity index (χ3n) is 5.32. The number of carbonyl (C=O) groups is 3. The predicted molar refractivity (Wildman–Crippen MR) is 113 cm³/mol. The number of hydrogen-bond donors (Lipinski definition) is 1. The number of halogens is 1. The number of hydrogen-bond acceptors (Lipinski definition) is 4. The minimum absolute atomic E-state index is 0.329. The van der Waals surface area contributed by atoms with Crippen molar-refractivity contribution in [3.8, 4) is 5.75 Å². The van der Waals surface area contributed by atoms with Crippen molar-refractivity contribution in [3.05, 3.63) is 64.7 Å². The molecule has 30 heavy (non-hydrogen) atoms. The summed E-state index contributed by atoms with van der Waals surface area (Å²) in [5, 5.41) is 3.30. The number of imide groups is 1. The highest BCUT2D eigenvalue weighted by Crippen LogP contribution is 2.33.